The Hall–Kier alpha value is -2.68. The van der Waals surface area contributed by atoms with Gasteiger partial charge >= 0.3 is 6.18 Å². The van der Waals surface area contributed by atoms with Crippen LogP contribution in [0.5, 0.6) is 0 Å². The number of nitrogens with zero attached hydrogens (tertiary/aromatic N) is 3. The fraction of sp³-hybridized carbons (Fsp3) is 0.316. The predicted molar refractivity (Wildman–Crippen MR) is 96.7 cm³/mol. The maximum Gasteiger partial charge on any atom is 0.416 e. The first-order chi connectivity index (χ1) is 13.4. The normalized spacial score (nSPS) is 17.5. The number of rotatable bonds is 5. The van der Waals surface area contributed by atoms with Crippen LogP contribution in [0.2, 0.25) is 0 Å². The van der Waals surface area contributed by atoms with Gasteiger partial charge in [-0.15, -0.1) is 11.3 Å². The Labute approximate surface area is 162 Å². The molecule has 1 amide bonds. The summed E-state index contributed by atoms with van der Waals surface area (Å²) < 4.78 is 43.3. The van der Waals surface area contributed by atoms with Gasteiger partial charge in [0.25, 0.3) is 0 Å². The molecular weight excluding hydrogens is 391 g/mol. The molecule has 1 aliphatic rings. The van der Waals surface area contributed by atoms with Crippen LogP contribution in [0.25, 0.3) is 11.4 Å². The van der Waals surface area contributed by atoms with Crippen LogP contribution in [0.4, 0.5) is 13.2 Å². The van der Waals surface area contributed by atoms with E-state index in [0.29, 0.717) is 31.0 Å². The monoisotopic (exact) mass is 407 g/mol. The lowest BCUT2D eigenvalue weighted by molar-refractivity contribution is -0.137. The highest BCUT2D eigenvalue weighted by molar-refractivity contribution is 7.09. The maximum atomic E-state index is 12.7. The van der Waals surface area contributed by atoms with E-state index in [9.17, 15) is 18.0 Å². The van der Waals surface area contributed by atoms with Gasteiger partial charge in [0.15, 0.2) is 0 Å². The van der Waals surface area contributed by atoms with Crippen LogP contribution in [-0.4, -0.2) is 34.0 Å². The first-order valence-electron chi connectivity index (χ1n) is 8.71. The fourth-order valence-electron chi connectivity index (χ4n) is 3.18. The topological polar surface area (TPSA) is 59.2 Å². The molecule has 1 atom stereocenters. The third kappa shape index (κ3) is 3.94. The molecule has 9 heteroatoms. The van der Waals surface area contributed by atoms with Gasteiger partial charge in [0.05, 0.1) is 11.5 Å². The van der Waals surface area contributed by atoms with Crippen molar-refractivity contribution in [3.05, 3.63) is 58.1 Å². The number of aromatic nitrogens is 2. The molecule has 5 nitrogen and oxygen atoms in total. The minimum atomic E-state index is -4.39. The predicted octanol–water partition coefficient (Wildman–Crippen LogP) is 4.38. The lowest BCUT2D eigenvalue weighted by Gasteiger charge is -2.15. The van der Waals surface area contributed by atoms with Crippen LogP contribution in [0.15, 0.2) is 46.3 Å². The van der Waals surface area contributed by atoms with Crippen molar-refractivity contribution in [2.24, 2.45) is 0 Å². The molecular formula is C19H16F3N3O2S. The first kappa shape index (κ1) is 18.7. The molecule has 3 aromatic rings. The number of carbonyl (C=O) groups excluding carboxylic acids is 1. The number of hydrogen-bond donors (Lipinski definition) is 0. The van der Waals surface area contributed by atoms with Gasteiger partial charge in [-0.2, -0.15) is 18.2 Å². The van der Waals surface area contributed by atoms with Crippen LogP contribution >= 0.6 is 11.3 Å². The SMILES string of the molecule is O=C1CC(c2nc(-c3ccc(C(F)(F)F)cc3)no2)CN1CCc1cccs1. The average molecular weight is 407 g/mol. The van der Waals surface area contributed by atoms with E-state index in [-0.39, 0.29) is 17.6 Å². The summed E-state index contributed by atoms with van der Waals surface area (Å²) in [7, 11) is 0. The average Bonchev–Trinajstić information content (AvgIpc) is 3.40. The number of hydrogen-bond acceptors (Lipinski definition) is 5. The molecule has 28 heavy (non-hydrogen) atoms. The quantitative estimate of drug-likeness (QED) is 0.630. The zero-order chi connectivity index (χ0) is 19.7. The third-order valence-corrected chi connectivity index (χ3v) is 5.62. The van der Waals surface area contributed by atoms with Crippen LogP contribution in [0, 0.1) is 0 Å². The number of amides is 1. The number of likely N-dealkylation sites (tertiary alicyclic amines) is 1. The lowest BCUT2D eigenvalue weighted by atomic mass is 10.1. The molecule has 1 aliphatic heterocycles. The van der Waals surface area contributed by atoms with Crippen molar-refractivity contribution >= 4 is 17.2 Å². The van der Waals surface area contributed by atoms with Gasteiger partial charge in [0, 0.05) is 30.0 Å². The number of benzene rings is 1. The summed E-state index contributed by atoms with van der Waals surface area (Å²) in [5, 5.41) is 5.87. The Kier molecular flexibility index (Phi) is 4.92. The highest BCUT2D eigenvalue weighted by atomic mass is 32.1. The minimum Gasteiger partial charge on any atom is -0.342 e. The van der Waals surface area contributed by atoms with Crippen LogP contribution in [-0.2, 0) is 17.4 Å². The number of halogens is 3. The van der Waals surface area contributed by atoms with E-state index in [4.69, 9.17) is 4.52 Å². The van der Waals surface area contributed by atoms with Crippen molar-refractivity contribution in [3.63, 3.8) is 0 Å². The molecule has 0 radical (unpaired) electrons. The van der Waals surface area contributed by atoms with E-state index in [1.54, 1.807) is 16.2 Å². The Morgan fingerprint density at radius 2 is 2.00 bits per heavy atom. The summed E-state index contributed by atoms with van der Waals surface area (Å²) >= 11 is 1.66. The largest absolute Gasteiger partial charge is 0.416 e. The van der Waals surface area contributed by atoms with Gasteiger partial charge in [-0.05, 0) is 30.0 Å². The second kappa shape index (κ2) is 7.38. The maximum absolute atomic E-state index is 12.7. The molecule has 4 rings (SSSR count). The molecule has 0 aliphatic carbocycles. The molecule has 1 saturated heterocycles. The van der Waals surface area contributed by atoms with E-state index < -0.39 is 11.7 Å². The molecule has 0 saturated carbocycles. The summed E-state index contributed by atoms with van der Waals surface area (Å²) in [5.41, 5.74) is -0.301. The number of alkyl halides is 3. The van der Waals surface area contributed by atoms with Crippen LogP contribution in [0.3, 0.4) is 0 Å². The number of carbonyl (C=O) groups is 1. The highest BCUT2D eigenvalue weighted by Crippen LogP contribution is 2.32. The van der Waals surface area contributed by atoms with Gasteiger partial charge in [-0.3, -0.25) is 4.79 Å². The van der Waals surface area contributed by atoms with Crippen molar-refractivity contribution in [1.29, 1.82) is 0 Å². The Morgan fingerprint density at radius 3 is 2.68 bits per heavy atom. The van der Waals surface area contributed by atoms with Crippen molar-refractivity contribution in [3.8, 4) is 11.4 Å². The molecule has 1 unspecified atom stereocenters. The Bertz CT molecular complexity index is 952. The van der Waals surface area contributed by atoms with E-state index in [2.05, 4.69) is 10.1 Å². The first-order valence-corrected chi connectivity index (χ1v) is 9.59. The van der Waals surface area contributed by atoms with Gasteiger partial charge in [-0.25, -0.2) is 0 Å². The number of thiophene rings is 1. The van der Waals surface area contributed by atoms with E-state index >= 15 is 0 Å². The van der Waals surface area contributed by atoms with Gasteiger partial charge in [0.1, 0.15) is 0 Å². The second-order valence-corrected chi connectivity index (χ2v) is 7.63. The van der Waals surface area contributed by atoms with Crippen molar-refractivity contribution in [2.75, 3.05) is 13.1 Å². The third-order valence-electron chi connectivity index (χ3n) is 4.68. The molecule has 1 fully saturated rings. The van der Waals surface area contributed by atoms with Gasteiger partial charge in [0.2, 0.25) is 17.6 Å². The molecule has 0 bridgehead atoms. The van der Waals surface area contributed by atoms with E-state index in [1.165, 1.54) is 17.0 Å². The van der Waals surface area contributed by atoms with Crippen molar-refractivity contribution in [2.45, 2.75) is 24.9 Å². The fourth-order valence-corrected chi connectivity index (χ4v) is 3.88. The molecule has 1 aromatic carbocycles. The van der Waals surface area contributed by atoms with Crippen LogP contribution < -0.4 is 0 Å². The smallest absolute Gasteiger partial charge is 0.342 e. The molecule has 0 N–H and O–H groups in total. The summed E-state index contributed by atoms with van der Waals surface area (Å²) in [6, 6.07) is 8.61. The van der Waals surface area contributed by atoms with Crippen LogP contribution in [0.1, 0.15) is 28.7 Å². The van der Waals surface area contributed by atoms with Gasteiger partial charge < -0.3 is 9.42 Å². The van der Waals surface area contributed by atoms with Gasteiger partial charge in [-0.1, -0.05) is 23.4 Å². The lowest BCUT2D eigenvalue weighted by Crippen LogP contribution is -2.27. The zero-order valence-corrected chi connectivity index (χ0v) is 15.5. The highest BCUT2D eigenvalue weighted by Gasteiger charge is 2.34. The summed E-state index contributed by atoms with van der Waals surface area (Å²) in [6.45, 7) is 1.13. The van der Waals surface area contributed by atoms with E-state index in [0.717, 1.165) is 18.6 Å². The Balaban J connectivity index is 1.42. The zero-order valence-electron chi connectivity index (χ0n) is 14.6. The van der Waals surface area contributed by atoms with Crippen molar-refractivity contribution < 1.29 is 22.5 Å². The molecule has 0 spiro atoms. The minimum absolute atomic E-state index is 0.0378. The molecule has 3 heterocycles. The summed E-state index contributed by atoms with van der Waals surface area (Å²) in [6.07, 6.45) is -3.30. The molecule has 146 valence electrons. The van der Waals surface area contributed by atoms with Crippen molar-refractivity contribution in [1.82, 2.24) is 15.0 Å². The second-order valence-electron chi connectivity index (χ2n) is 6.60. The summed E-state index contributed by atoms with van der Waals surface area (Å²) in [4.78, 5) is 19.6. The van der Waals surface area contributed by atoms with E-state index in [1.807, 2.05) is 17.5 Å². The Morgan fingerprint density at radius 1 is 1.21 bits per heavy atom. The summed E-state index contributed by atoms with van der Waals surface area (Å²) in [5.74, 6) is 0.387. The molecule has 2 aromatic heterocycles. The standard InChI is InChI=1S/C19H16F3N3O2S/c20-19(21,22)14-5-3-12(4-6-14)17-23-18(27-24-17)13-10-16(26)25(11-13)8-7-15-2-1-9-28-15/h1-6,9,13H,7-8,10-11H2.